The maximum absolute atomic E-state index is 13.2. The Hall–Kier alpha value is -2.76. The Morgan fingerprint density at radius 3 is 2.88 bits per heavy atom. The van der Waals surface area contributed by atoms with Crippen molar-refractivity contribution in [1.82, 2.24) is 24.6 Å². The first-order chi connectivity index (χ1) is 12.0. The van der Waals surface area contributed by atoms with E-state index in [1.165, 1.54) is 0 Å². The number of amides is 1. The van der Waals surface area contributed by atoms with Crippen LogP contribution in [0.1, 0.15) is 46.1 Å². The highest BCUT2D eigenvalue weighted by atomic mass is 16.2. The molecule has 128 valence electrons. The number of carbonyl (C=O) groups is 1. The van der Waals surface area contributed by atoms with E-state index in [9.17, 15) is 4.79 Å². The van der Waals surface area contributed by atoms with Gasteiger partial charge in [0, 0.05) is 44.6 Å². The molecule has 1 aliphatic rings. The van der Waals surface area contributed by atoms with Crippen molar-refractivity contribution >= 4 is 16.9 Å². The molecule has 1 fully saturated rings. The fourth-order valence-electron chi connectivity index (χ4n) is 3.26. The highest BCUT2D eigenvalue weighted by molar-refractivity contribution is 6.06. The predicted octanol–water partition coefficient (Wildman–Crippen LogP) is 2.82. The smallest absolute Gasteiger partial charge is 0.254 e. The Balaban J connectivity index is 1.75. The summed E-state index contributed by atoms with van der Waals surface area (Å²) >= 11 is 0. The fraction of sp³-hybridized carbons (Fsp3) is 0.368. The van der Waals surface area contributed by atoms with Gasteiger partial charge in [-0.1, -0.05) is 6.07 Å². The lowest BCUT2D eigenvalue weighted by Crippen LogP contribution is -2.26. The van der Waals surface area contributed by atoms with Crippen LogP contribution in [0.2, 0.25) is 0 Å². The third-order valence-electron chi connectivity index (χ3n) is 4.70. The molecule has 0 radical (unpaired) electrons. The monoisotopic (exact) mass is 335 g/mol. The van der Waals surface area contributed by atoms with Gasteiger partial charge in [0.25, 0.3) is 5.91 Å². The molecule has 3 heterocycles. The lowest BCUT2D eigenvalue weighted by atomic mass is 10.1. The molecule has 1 aliphatic carbocycles. The van der Waals surface area contributed by atoms with E-state index >= 15 is 0 Å². The van der Waals surface area contributed by atoms with Crippen molar-refractivity contribution in [3.05, 3.63) is 53.1 Å². The molecule has 0 aromatic carbocycles. The zero-order chi connectivity index (χ0) is 17.6. The number of carbonyl (C=O) groups excluding carboxylic acids is 1. The summed E-state index contributed by atoms with van der Waals surface area (Å²) in [6, 6.07) is 5.83. The number of aryl methyl sites for hydroxylation is 2. The molecule has 0 aliphatic heterocycles. The largest absolute Gasteiger partial charge is 0.337 e. The molecule has 0 bridgehead atoms. The minimum absolute atomic E-state index is 0.00532. The van der Waals surface area contributed by atoms with Crippen LogP contribution < -0.4 is 0 Å². The molecule has 0 atom stereocenters. The van der Waals surface area contributed by atoms with Crippen LogP contribution in [-0.4, -0.2) is 37.6 Å². The van der Waals surface area contributed by atoms with E-state index in [2.05, 4.69) is 10.1 Å². The van der Waals surface area contributed by atoms with Crippen LogP contribution in [-0.2, 0) is 13.6 Å². The van der Waals surface area contributed by atoms with E-state index in [4.69, 9.17) is 4.98 Å². The van der Waals surface area contributed by atoms with Gasteiger partial charge >= 0.3 is 0 Å². The molecule has 0 N–H and O–H groups in total. The number of nitrogens with zero attached hydrogens (tertiary/aromatic N) is 5. The van der Waals surface area contributed by atoms with Crippen LogP contribution in [0, 0.1) is 6.92 Å². The predicted molar refractivity (Wildman–Crippen MR) is 95.3 cm³/mol. The fourth-order valence-corrected chi connectivity index (χ4v) is 3.26. The quantitative estimate of drug-likeness (QED) is 0.735. The molecule has 6 nitrogen and oxygen atoms in total. The zero-order valence-electron chi connectivity index (χ0n) is 14.7. The van der Waals surface area contributed by atoms with Gasteiger partial charge < -0.3 is 4.90 Å². The summed E-state index contributed by atoms with van der Waals surface area (Å²) in [5, 5.41) is 5.33. The van der Waals surface area contributed by atoms with Crippen LogP contribution in [0.15, 0.2) is 30.6 Å². The second-order valence-corrected chi connectivity index (χ2v) is 6.80. The van der Waals surface area contributed by atoms with Crippen LogP contribution in [0.25, 0.3) is 11.0 Å². The minimum Gasteiger partial charge on any atom is -0.337 e. The van der Waals surface area contributed by atoms with Crippen molar-refractivity contribution in [2.24, 2.45) is 7.05 Å². The number of pyridine rings is 2. The molecule has 0 saturated heterocycles. The summed E-state index contributed by atoms with van der Waals surface area (Å²) in [6.45, 7) is 2.45. The van der Waals surface area contributed by atoms with Crippen LogP contribution in [0.3, 0.4) is 0 Å². The number of fused-ring (bicyclic) bond motifs is 1. The standard InChI is InChI=1S/C19H21N5O/c1-12-17-15(19(25)23(2)11-13-5-4-8-20-10-13)9-16(14-6-7-14)21-18(17)24(3)22-12/h4-5,8-10,14H,6-7,11H2,1-3H3. The molecule has 0 unspecified atom stereocenters. The lowest BCUT2D eigenvalue weighted by Gasteiger charge is -2.18. The van der Waals surface area contributed by atoms with Gasteiger partial charge in [-0.15, -0.1) is 0 Å². The average molecular weight is 335 g/mol. The van der Waals surface area contributed by atoms with E-state index < -0.39 is 0 Å². The maximum atomic E-state index is 13.2. The van der Waals surface area contributed by atoms with E-state index in [1.807, 2.05) is 39.2 Å². The molecule has 0 spiro atoms. The van der Waals surface area contributed by atoms with E-state index in [1.54, 1.807) is 22.0 Å². The third-order valence-corrected chi connectivity index (χ3v) is 4.70. The number of rotatable bonds is 4. The van der Waals surface area contributed by atoms with Crippen molar-refractivity contribution in [2.75, 3.05) is 7.05 Å². The summed E-state index contributed by atoms with van der Waals surface area (Å²) in [5.74, 6) is 0.476. The SMILES string of the molecule is Cc1nn(C)c2nc(C3CC3)cc(C(=O)N(C)Cc3cccnc3)c12. The maximum Gasteiger partial charge on any atom is 0.254 e. The molecule has 3 aromatic rings. The van der Waals surface area contributed by atoms with Gasteiger partial charge in [0.05, 0.1) is 16.6 Å². The van der Waals surface area contributed by atoms with E-state index in [0.29, 0.717) is 18.0 Å². The Kier molecular flexibility index (Phi) is 3.75. The van der Waals surface area contributed by atoms with E-state index in [-0.39, 0.29) is 5.91 Å². The van der Waals surface area contributed by atoms with Crippen molar-refractivity contribution < 1.29 is 4.79 Å². The second kappa shape index (κ2) is 5.95. The van der Waals surface area contributed by atoms with Crippen LogP contribution in [0.4, 0.5) is 0 Å². The molecule has 6 heteroatoms. The number of aromatic nitrogens is 4. The molecule has 4 rings (SSSR count). The van der Waals surface area contributed by atoms with Gasteiger partial charge in [-0.05, 0) is 37.5 Å². The number of hydrogen-bond acceptors (Lipinski definition) is 4. The average Bonchev–Trinajstić information content (AvgIpc) is 3.41. The van der Waals surface area contributed by atoms with Crippen molar-refractivity contribution in [2.45, 2.75) is 32.2 Å². The molecule has 1 amide bonds. The zero-order valence-corrected chi connectivity index (χ0v) is 14.7. The van der Waals surface area contributed by atoms with E-state index in [0.717, 1.165) is 40.8 Å². The summed E-state index contributed by atoms with van der Waals surface area (Å²) < 4.78 is 1.77. The van der Waals surface area contributed by atoms with Gasteiger partial charge in [-0.2, -0.15) is 5.10 Å². The van der Waals surface area contributed by atoms with Gasteiger partial charge in [0.2, 0.25) is 0 Å². The first-order valence-electron chi connectivity index (χ1n) is 8.53. The Labute approximate surface area is 146 Å². The number of hydrogen-bond donors (Lipinski definition) is 0. The lowest BCUT2D eigenvalue weighted by molar-refractivity contribution is 0.0786. The first-order valence-corrected chi connectivity index (χ1v) is 8.53. The molecular formula is C19H21N5O. The Morgan fingerprint density at radius 1 is 1.40 bits per heavy atom. The Bertz CT molecular complexity index is 943. The summed E-state index contributed by atoms with van der Waals surface area (Å²) in [4.78, 5) is 23.8. The normalized spacial score (nSPS) is 14.0. The molecule has 1 saturated carbocycles. The van der Waals surface area contributed by atoms with Gasteiger partial charge in [0.1, 0.15) is 0 Å². The highest BCUT2D eigenvalue weighted by Gasteiger charge is 2.29. The summed E-state index contributed by atoms with van der Waals surface area (Å²) in [5.41, 5.74) is 4.34. The summed E-state index contributed by atoms with van der Waals surface area (Å²) in [6.07, 6.45) is 5.82. The van der Waals surface area contributed by atoms with Crippen molar-refractivity contribution in [3.8, 4) is 0 Å². The van der Waals surface area contributed by atoms with Gasteiger partial charge in [-0.3, -0.25) is 14.5 Å². The first kappa shape index (κ1) is 15.7. The Morgan fingerprint density at radius 2 is 2.20 bits per heavy atom. The molecule has 25 heavy (non-hydrogen) atoms. The summed E-state index contributed by atoms with van der Waals surface area (Å²) in [7, 11) is 3.71. The van der Waals surface area contributed by atoms with Crippen LogP contribution in [0.5, 0.6) is 0 Å². The van der Waals surface area contributed by atoms with Crippen molar-refractivity contribution in [3.63, 3.8) is 0 Å². The third kappa shape index (κ3) is 2.88. The molecule has 3 aromatic heterocycles. The van der Waals surface area contributed by atoms with Gasteiger partial charge in [-0.25, -0.2) is 4.98 Å². The van der Waals surface area contributed by atoms with Crippen molar-refractivity contribution in [1.29, 1.82) is 0 Å². The highest BCUT2D eigenvalue weighted by Crippen LogP contribution is 2.40. The second-order valence-electron chi connectivity index (χ2n) is 6.80. The minimum atomic E-state index is -0.00532. The topological polar surface area (TPSA) is 63.9 Å². The molecular weight excluding hydrogens is 314 g/mol. The van der Waals surface area contributed by atoms with Gasteiger partial charge in [0.15, 0.2) is 5.65 Å². The van der Waals surface area contributed by atoms with Crippen LogP contribution >= 0.6 is 0 Å².